The Morgan fingerprint density at radius 2 is 2.28 bits per heavy atom. The van der Waals surface area contributed by atoms with Gasteiger partial charge in [0.25, 0.3) is 5.91 Å². The van der Waals surface area contributed by atoms with Gasteiger partial charge >= 0.3 is 0 Å². The van der Waals surface area contributed by atoms with E-state index < -0.39 is 0 Å². The van der Waals surface area contributed by atoms with Crippen molar-refractivity contribution in [2.75, 3.05) is 38.5 Å². The summed E-state index contributed by atoms with van der Waals surface area (Å²) >= 11 is 2.05. The van der Waals surface area contributed by atoms with Crippen LogP contribution in [0.4, 0.5) is 0 Å². The minimum atomic E-state index is -0.200. The van der Waals surface area contributed by atoms with Gasteiger partial charge in [-0.15, -0.1) is 24.0 Å². The van der Waals surface area contributed by atoms with Gasteiger partial charge in [-0.3, -0.25) is 9.79 Å². The molecule has 8 heteroatoms. The quantitative estimate of drug-likeness (QED) is 0.284. The van der Waals surface area contributed by atoms with Crippen LogP contribution in [0.15, 0.2) is 27.8 Å². The van der Waals surface area contributed by atoms with Crippen LogP contribution < -0.4 is 10.6 Å². The average molecular weight is 480 g/mol. The van der Waals surface area contributed by atoms with E-state index in [2.05, 4.69) is 41.3 Å². The smallest absolute Gasteiger partial charge is 0.287 e. The summed E-state index contributed by atoms with van der Waals surface area (Å²) in [5.41, 5.74) is 0. The van der Waals surface area contributed by atoms with Crippen LogP contribution in [0.25, 0.3) is 0 Å². The number of rotatable bonds is 6. The highest BCUT2D eigenvalue weighted by Crippen LogP contribution is 2.24. The molecular formula is C17H29IN4O2S. The maximum Gasteiger partial charge on any atom is 0.287 e. The fourth-order valence-corrected chi connectivity index (χ4v) is 3.82. The molecule has 142 valence electrons. The summed E-state index contributed by atoms with van der Waals surface area (Å²) in [6, 6.07) is 3.36. The minimum absolute atomic E-state index is 0. The van der Waals surface area contributed by atoms with Gasteiger partial charge in [0.05, 0.1) is 12.8 Å². The number of carbonyl (C=O) groups is 1. The lowest BCUT2D eigenvalue weighted by Crippen LogP contribution is -2.49. The number of carbonyl (C=O) groups excluding carboxylic acids is 1. The second-order valence-corrected chi connectivity index (χ2v) is 7.42. The molecule has 1 aromatic rings. The second kappa shape index (κ2) is 11.7. The third-order valence-electron chi connectivity index (χ3n) is 3.88. The number of nitrogens with one attached hydrogen (secondary N) is 2. The summed E-state index contributed by atoms with van der Waals surface area (Å²) in [7, 11) is 0. The van der Waals surface area contributed by atoms with Crippen LogP contribution in [0, 0.1) is 5.92 Å². The number of amides is 1. The SMILES string of the molecule is CCNC(=NCCNC(=O)c1ccco1)N1CCSC(C(C)C)C1.I. The highest BCUT2D eigenvalue weighted by molar-refractivity contribution is 14.0. The second-order valence-electron chi connectivity index (χ2n) is 6.07. The van der Waals surface area contributed by atoms with Crippen molar-refractivity contribution in [2.24, 2.45) is 10.9 Å². The van der Waals surface area contributed by atoms with E-state index in [9.17, 15) is 4.79 Å². The first-order chi connectivity index (χ1) is 11.6. The number of hydrogen-bond acceptors (Lipinski definition) is 4. The molecule has 1 aromatic heterocycles. The van der Waals surface area contributed by atoms with Crippen molar-refractivity contribution in [3.05, 3.63) is 24.2 Å². The maximum absolute atomic E-state index is 11.8. The Morgan fingerprint density at radius 3 is 2.92 bits per heavy atom. The van der Waals surface area contributed by atoms with Gasteiger partial charge in [0.1, 0.15) is 0 Å². The van der Waals surface area contributed by atoms with Crippen molar-refractivity contribution in [2.45, 2.75) is 26.0 Å². The first kappa shape index (κ1) is 22.1. The Bertz CT molecular complexity index is 537. The largest absolute Gasteiger partial charge is 0.459 e. The third-order valence-corrected chi connectivity index (χ3v) is 5.42. The number of furan rings is 1. The van der Waals surface area contributed by atoms with Crippen LogP contribution in [0.1, 0.15) is 31.3 Å². The molecule has 0 radical (unpaired) electrons. The summed E-state index contributed by atoms with van der Waals surface area (Å²) in [5, 5.41) is 6.83. The zero-order valence-electron chi connectivity index (χ0n) is 15.2. The summed E-state index contributed by atoms with van der Waals surface area (Å²) in [6.07, 6.45) is 1.50. The van der Waals surface area contributed by atoms with Gasteiger partial charge in [0.2, 0.25) is 0 Å². The number of guanidine groups is 1. The first-order valence-corrected chi connectivity index (χ1v) is 9.63. The summed E-state index contributed by atoms with van der Waals surface area (Å²) in [6.45, 7) is 10.5. The van der Waals surface area contributed by atoms with Gasteiger partial charge in [0, 0.05) is 37.2 Å². The summed E-state index contributed by atoms with van der Waals surface area (Å²) in [5.74, 6) is 2.86. The van der Waals surface area contributed by atoms with Gasteiger partial charge in [0.15, 0.2) is 11.7 Å². The molecule has 2 rings (SSSR count). The van der Waals surface area contributed by atoms with Gasteiger partial charge in [-0.05, 0) is 25.0 Å². The third kappa shape index (κ3) is 7.08. The Labute approximate surface area is 171 Å². The molecule has 1 saturated heterocycles. The summed E-state index contributed by atoms with van der Waals surface area (Å²) < 4.78 is 5.07. The molecule has 1 amide bonds. The molecular weight excluding hydrogens is 451 g/mol. The van der Waals surface area contributed by atoms with E-state index in [1.54, 1.807) is 12.1 Å². The molecule has 0 aromatic carbocycles. The van der Waals surface area contributed by atoms with E-state index in [0.29, 0.717) is 30.0 Å². The van der Waals surface area contributed by atoms with Crippen LogP contribution in [0.2, 0.25) is 0 Å². The fourth-order valence-electron chi connectivity index (χ4n) is 2.52. The normalized spacial score (nSPS) is 18.0. The molecule has 1 fully saturated rings. The van der Waals surface area contributed by atoms with Crippen LogP contribution in [0.5, 0.6) is 0 Å². The topological polar surface area (TPSA) is 69.9 Å². The minimum Gasteiger partial charge on any atom is -0.459 e. The molecule has 1 aliphatic rings. The molecule has 0 aliphatic carbocycles. The van der Waals surface area contributed by atoms with Gasteiger partial charge < -0.3 is 20.0 Å². The number of thioether (sulfide) groups is 1. The average Bonchev–Trinajstić information content (AvgIpc) is 3.12. The van der Waals surface area contributed by atoms with E-state index >= 15 is 0 Å². The van der Waals surface area contributed by atoms with Crippen molar-refractivity contribution in [3.8, 4) is 0 Å². The fraction of sp³-hybridized carbons (Fsp3) is 0.647. The highest BCUT2D eigenvalue weighted by Gasteiger charge is 2.24. The van der Waals surface area contributed by atoms with Crippen LogP contribution >= 0.6 is 35.7 Å². The van der Waals surface area contributed by atoms with E-state index in [-0.39, 0.29) is 29.9 Å². The lowest BCUT2D eigenvalue weighted by molar-refractivity contribution is 0.0927. The molecule has 1 aliphatic heterocycles. The predicted molar refractivity (Wildman–Crippen MR) is 115 cm³/mol. The Balaban J connectivity index is 0.00000312. The Hall–Kier alpha value is -0.900. The zero-order valence-corrected chi connectivity index (χ0v) is 18.3. The highest BCUT2D eigenvalue weighted by atomic mass is 127. The Morgan fingerprint density at radius 1 is 1.48 bits per heavy atom. The molecule has 0 spiro atoms. The molecule has 1 unspecified atom stereocenters. The van der Waals surface area contributed by atoms with Crippen LogP contribution in [0.3, 0.4) is 0 Å². The Kier molecular flexibility index (Phi) is 10.3. The monoisotopic (exact) mass is 480 g/mol. The van der Waals surface area contributed by atoms with Crippen molar-refractivity contribution in [1.82, 2.24) is 15.5 Å². The van der Waals surface area contributed by atoms with Gasteiger partial charge in [-0.1, -0.05) is 13.8 Å². The number of aliphatic imine (C=N–C) groups is 1. The number of halogens is 1. The number of nitrogens with zero attached hydrogens (tertiary/aromatic N) is 2. The number of hydrogen-bond donors (Lipinski definition) is 2. The van der Waals surface area contributed by atoms with E-state index in [4.69, 9.17) is 4.42 Å². The predicted octanol–water partition coefficient (Wildman–Crippen LogP) is 2.67. The lowest BCUT2D eigenvalue weighted by atomic mass is 10.1. The van der Waals surface area contributed by atoms with Crippen LogP contribution in [-0.4, -0.2) is 60.5 Å². The molecule has 0 saturated carbocycles. The standard InChI is InChI=1S/C17H28N4O2S.HI/c1-4-18-17(21-9-11-24-15(12-21)13(2)3)20-8-7-19-16(22)14-6-5-10-23-14;/h5-6,10,13,15H,4,7-9,11-12H2,1-3H3,(H,18,20)(H,19,22);1H. The van der Waals surface area contributed by atoms with Gasteiger partial charge in [-0.25, -0.2) is 0 Å². The lowest BCUT2D eigenvalue weighted by Gasteiger charge is -2.36. The molecule has 25 heavy (non-hydrogen) atoms. The molecule has 1 atom stereocenters. The van der Waals surface area contributed by atoms with Crippen molar-refractivity contribution >= 4 is 47.6 Å². The van der Waals surface area contributed by atoms with Crippen molar-refractivity contribution in [3.63, 3.8) is 0 Å². The first-order valence-electron chi connectivity index (χ1n) is 8.58. The van der Waals surface area contributed by atoms with E-state index in [1.165, 1.54) is 6.26 Å². The molecule has 0 bridgehead atoms. The van der Waals surface area contributed by atoms with Crippen LogP contribution in [-0.2, 0) is 0 Å². The summed E-state index contributed by atoms with van der Waals surface area (Å²) in [4.78, 5) is 18.8. The maximum atomic E-state index is 11.8. The molecule has 6 nitrogen and oxygen atoms in total. The molecule has 2 N–H and O–H groups in total. The van der Waals surface area contributed by atoms with Crippen molar-refractivity contribution in [1.29, 1.82) is 0 Å². The molecule has 2 heterocycles. The van der Waals surface area contributed by atoms with E-state index in [1.807, 2.05) is 11.8 Å². The van der Waals surface area contributed by atoms with Gasteiger partial charge in [-0.2, -0.15) is 11.8 Å². The van der Waals surface area contributed by atoms with Crippen molar-refractivity contribution < 1.29 is 9.21 Å². The van der Waals surface area contributed by atoms with E-state index in [0.717, 1.165) is 31.3 Å². The zero-order chi connectivity index (χ0) is 17.4.